The van der Waals surface area contributed by atoms with Crippen LogP contribution in [0.5, 0.6) is 0 Å². The lowest BCUT2D eigenvalue weighted by molar-refractivity contribution is 0.0196. The maximum absolute atomic E-state index is 11.5. The van der Waals surface area contributed by atoms with Crippen molar-refractivity contribution in [3.63, 3.8) is 0 Å². The summed E-state index contributed by atoms with van der Waals surface area (Å²) in [5.41, 5.74) is 0.582. The largest absolute Gasteiger partial charge is 0.282 e. The molecule has 0 saturated carbocycles. The fraction of sp³-hybridized carbons (Fsp3) is 0.222. The number of nitrogens with zero attached hydrogens (tertiary/aromatic N) is 2. The molecule has 0 unspecified atom stereocenters. The highest BCUT2D eigenvalue weighted by Gasteiger charge is 2.12. The van der Waals surface area contributed by atoms with Crippen LogP contribution in [0.25, 0.3) is 0 Å². The number of rotatable bonds is 2. The summed E-state index contributed by atoms with van der Waals surface area (Å²) in [5.74, 6) is 5.28. The van der Waals surface area contributed by atoms with Crippen LogP contribution >= 0.6 is 0 Å². The second-order valence-electron chi connectivity index (χ2n) is 2.86. The van der Waals surface area contributed by atoms with Gasteiger partial charge in [-0.1, -0.05) is 18.2 Å². The average molecular weight is 179 g/mol. The highest BCUT2D eigenvalue weighted by molar-refractivity contribution is 5.93. The summed E-state index contributed by atoms with van der Waals surface area (Å²) in [7, 11) is 3.42. The molecule has 1 aromatic carbocycles. The van der Waals surface area contributed by atoms with Gasteiger partial charge in [-0.2, -0.15) is 0 Å². The van der Waals surface area contributed by atoms with Gasteiger partial charge in [0.05, 0.1) is 0 Å². The molecule has 0 fully saturated rings. The Morgan fingerprint density at radius 1 is 1.23 bits per heavy atom. The van der Waals surface area contributed by atoms with Gasteiger partial charge in [0, 0.05) is 19.7 Å². The van der Waals surface area contributed by atoms with Crippen molar-refractivity contribution in [1.29, 1.82) is 0 Å². The minimum absolute atomic E-state index is 0.217. The number of amides is 1. The van der Waals surface area contributed by atoms with Crippen LogP contribution in [-0.2, 0) is 0 Å². The molecule has 0 atom stereocenters. The fourth-order valence-electron chi connectivity index (χ4n) is 0.895. The molecule has 0 aromatic heterocycles. The number of hydrogen-bond acceptors (Lipinski definition) is 3. The Bertz CT molecular complexity index is 284. The van der Waals surface area contributed by atoms with Crippen molar-refractivity contribution in [2.24, 2.45) is 5.84 Å². The smallest absolute Gasteiger partial charge is 0.266 e. The molecule has 0 bridgehead atoms. The first-order valence-electron chi connectivity index (χ1n) is 3.94. The molecule has 70 valence electrons. The summed E-state index contributed by atoms with van der Waals surface area (Å²) in [6.07, 6.45) is 0. The standard InChI is InChI=1S/C9H13N3O/c1-11(2)12(10)9(13)8-6-4-3-5-7-8/h3-7H,10H2,1-2H3. The Hall–Kier alpha value is -1.39. The van der Waals surface area contributed by atoms with E-state index in [2.05, 4.69) is 0 Å². The molecule has 13 heavy (non-hydrogen) atoms. The van der Waals surface area contributed by atoms with Gasteiger partial charge in [0.2, 0.25) is 0 Å². The monoisotopic (exact) mass is 179 g/mol. The van der Waals surface area contributed by atoms with E-state index in [1.165, 1.54) is 5.01 Å². The number of hydrazine groups is 2. The second-order valence-corrected chi connectivity index (χ2v) is 2.86. The van der Waals surface area contributed by atoms with Gasteiger partial charge in [0.15, 0.2) is 0 Å². The van der Waals surface area contributed by atoms with Crippen molar-refractivity contribution in [1.82, 2.24) is 10.1 Å². The van der Waals surface area contributed by atoms with E-state index in [0.29, 0.717) is 5.56 Å². The van der Waals surface area contributed by atoms with Crippen LogP contribution in [-0.4, -0.2) is 30.1 Å². The molecule has 0 aliphatic carbocycles. The predicted octanol–water partition coefficient (Wildman–Crippen LogP) is 0.479. The molecule has 1 aromatic rings. The Kier molecular flexibility index (Phi) is 3.00. The second kappa shape index (κ2) is 4.02. The summed E-state index contributed by atoms with van der Waals surface area (Å²) >= 11 is 0. The molecule has 0 aliphatic rings. The van der Waals surface area contributed by atoms with Crippen molar-refractivity contribution in [2.75, 3.05) is 14.1 Å². The predicted molar refractivity (Wildman–Crippen MR) is 50.5 cm³/mol. The maximum Gasteiger partial charge on any atom is 0.282 e. The van der Waals surface area contributed by atoms with Crippen LogP contribution in [0.2, 0.25) is 0 Å². The molecule has 4 nitrogen and oxygen atoms in total. The summed E-state index contributed by atoms with van der Waals surface area (Å²) in [4.78, 5) is 11.5. The Morgan fingerprint density at radius 2 is 1.77 bits per heavy atom. The maximum atomic E-state index is 11.5. The van der Waals surface area contributed by atoms with Crippen LogP contribution in [0.3, 0.4) is 0 Å². The van der Waals surface area contributed by atoms with Gasteiger partial charge < -0.3 is 0 Å². The lowest BCUT2D eigenvalue weighted by Crippen LogP contribution is -2.47. The third-order valence-electron chi connectivity index (χ3n) is 1.66. The normalized spacial score (nSPS) is 10.2. The molecular formula is C9H13N3O. The lowest BCUT2D eigenvalue weighted by atomic mass is 10.2. The molecule has 2 N–H and O–H groups in total. The number of carbonyl (C=O) groups is 1. The zero-order chi connectivity index (χ0) is 9.84. The number of nitrogens with two attached hydrogens (primary N) is 1. The van der Waals surface area contributed by atoms with E-state index in [1.54, 1.807) is 38.4 Å². The van der Waals surface area contributed by atoms with Crippen molar-refractivity contribution in [3.8, 4) is 0 Å². The van der Waals surface area contributed by atoms with Crippen LogP contribution in [0.4, 0.5) is 0 Å². The van der Waals surface area contributed by atoms with Crippen molar-refractivity contribution in [2.45, 2.75) is 0 Å². The quantitative estimate of drug-likeness (QED) is 0.408. The SMILES string of the molecule is CN(C)N(N)C(=O)c1ccccc1. The summed E-state index contributed by atoms with van der Waals surface area (Å²) in [6.45, 7) is 0. The Labute approximate surface area is 77.5 Å². The van der Waals surface area contributed by atoms with Crippen molar-refractivity contribution >= 4 is 5.91 Å². The molecule has 0 radical (unpaired) electrons. The highest BCUT2D eigenvalue weighted by atomic mass is 16.2. The number of carbonyl (C=O) groups excluding carboxylic acids is 1. The third-order valence-corrected chi connectivity index (χ3v) is 1.66. The minimum Gasteiger partial charge on any atom is -0.266 e. The van der Waals surface area contributed by atoms with Crippen LogP contribution in [0.1, 0.15) is 10.4 Å². The van der Waals surface area contributed by atoms with Crippen molar-refractivity contribution in [3.05, 3.63) is 35.9 Å². The highest BCUT2D eigenvalue weighted by Crippen LogP contribution is 2.01. The van der Waals surface area contributed by atoms with E-state index in [1.807, 2.05) is 6.07 Å². The van der Waals surface area contributed by atoms with Gasteiger partial charge in [0.1, 0.15) is 0 Å². The van der Waals surface area contributed by atoms with Crippen LogP contribution < -0.4 is 5.84 Å². The molecule has 1 rings (SSSR count). The summed E-state index contributed by atoms with van der Waals surface area (Å²) in [5, 5.41) is 2.59. The first-order chi connectivity index (χ1) is 6.13. The van der Waals surface area contributed by atoms with E-state index >= 15 is 0 Å². The first kappa shape index (κ1) is 9.70. The number of hydrogen-bond donors (Lipinski definition) is 1. The van der Waals surface area contributed by atoms with Gasteiger partial charge >= 0.3 is 0 Å². The molecular weight excluding hydrogens is 166 g/mol. The first-order valence-corrected chi connectivity index (χ1v) is 3.94. The molecule has 1 amide bonds. The van der Waals surface area contributed by atoms with Gasteiger partial charge in [-0.3, -0.25) is 4.79 Å². The van der Waals surface area contributed by atoms with Gasteiger partial charge in [-0.15, -0.1) is 0 Å². The summed E-state index contributed by atoms with van der Waals surface area (Å²) in [6, 6.07) is 8.91. The molecule has 0 spiro atoms. The molecule has 0 saturated heterocycles. The van der Waals surface area contributed by atoms with Gasteiger partial charge in [-0.25, -0.2) is 16.0 Å². The zero-order valence-corrected chi connectivity index (χ0v) is 7.77. The van der Waals surface area contributed by atoms with E-state index in [0.717, 1.165) is 5.12 Å². The Balaban J connectivity index is 2.80. The van der Waals surface area contributed by atoms with E-state index < -0.39 is 0 Å². The minimum atomic E-state index is -0.217. The fourth-order valence-corrected chi connectivity index (χ4v) is 0.895. The van der Waals surface area contributed by atoms with Crippen molar-refractivity contribution < 1.29 is 4.79 Å². The topological polar surface area (TPSA) is 49.6 Å². The van der Waals surface area contributed by atoms with E-state index in [-0.39, 0.29) is 5.91 Å². The van der Waals surface area contributed by atoms with E-state index in [9.17, 15) is 4.79 Å². The van der Waals surface area contributed by atoms with Gasteiger partial charge in [0.25, 0.3) is 5.91 Å². The molecule has 0 aliphatic heterocycles. The zero-order valence-electron chi connectivity index (χ0n) is 7.77. The lowest BCUT2D eigenvalue weighted by Gasteiger charge is -2.22. The third kappa shape index (κ3) is 2.27. The summed E-state index contributed by atoms with van der Waals surface area (Å²) < 4.78 is 0. The Morgan fingerprint density at radius 3 is 2.23 bits per heavy atom. The molecule has 0 heterocycles. The average Bonchev–Trinajstić information content (AvgIpc) is 2.17. The van der Waals surface area contributed by atoms with E-state index in [4.69, 9.17) is 5.84 Å². The van der Waals surface area contributed by atoms with Crippen LogP contribution in [0, 0.1) is 0 Å². The van der Waals surface area contributed by atoms with Gasteiger partial charge in [-0.05, 0) is 12.1 Å². The van der Waals surface area contributed by atoms with Crippen LogP contribution in [0.15, 0.2) is 30.3 Å². The number of benzene rings is 1. The molecule has 4 heteroatoms.